The van der Waals surface area contributed by atoms with E-state index in [1.165, 1.54) is 0 Å². The first-order valence-corrected chi connectivity index (χ1v) is 5.02. The molecule has 2 heteroatoms. The molecule has 0 saturated heterocycles. The van der Waals surface area contributed by atoms with E-state index in [0.29, 0.717) is 0 Å². The second-order valence-electron chi connectivity index (χ2n) is 2.48. The van der Waals surface area contributed by atoms with E-state index in [4.69, 9.17) is 0 Å². The summed E-state index contributed by atoms with van der Waals surface area (Å²) in [6.45, 7) is 6.04. The number of rotatable bonds is 0. The van der Waals surface area contributed by atoms with Crippen molar-refractivity contribution in [2.24, 2.45) is 0 Å². The van der Waals surface area contributed by atoms with Crippen molar-refractivity contribution in [2.45, 2.75) is 24.2 Å². The van der Waals surface area contributed by atoms with Crippen LogP contribution in [0.25, 0.3) is 0 Å². The Bertz CT molecular complexity index is 53.1. The van der Waals surface area contributed by atoms with Crippen molar-refractivity contribution in [1.82, 2.24) is 0 Å². The summed E-state index contributed by atoms with van der Waals surface area (Å²) in [6.07, 6.45) is 0. The monoisotopic (exact) mass is 194 g/mol. The van der Waals surface area contributed by atoms with Gasteiger partial charge in [-0.05, 0) is 0 Å². The predicted molar refractivity (Wildman–Crippen MR) is 27.6 cm³/mol. The van der Waals surface area contributed by atoms with Gasteiger partial charge in [-0.25, -0.2) is 0 Å². The van der Waals surface area contributed by atoms with Crippen molar-refractivity contribution in [2.75, 3.05) is 0 Å². The molecule has 0 aromatic heterocycles. The number of hydrogen-bond donors (Lipinski definition) is 0. The van der Waals surface area contributed by atoms with Crippen molar-refractivity contribution in [3.05, 3.63) is 0 Å². The summed E-state index contributed by atoms with van der Waals surface area (Å²) in [4.78, 5) is 0. The van der Waals surface area contributed by atoms with E-state index < -0.39 is 21.1 Å². The van der Waals surface area contributed by atoms with Gasteiger partial charge in [0.1, 0.15) is 0 Å². The molecule has 0 fully saturated rings. The third kappa shape index (κ3) is 4.60. The van der Waals surface area contributed by atoms with Crippen LogP contribution >= 0.6 is 0 Å². The van der Waals surface area contributed by atoms with Gasteiger partial charge < -0.3 is 0 Å². The average Bonchev–Trinajstić information content (AvgIpc) is 1.35. The van der Waals surface area contributed by atoms with Crippen LogP contribution in [0.5, 0.6) is 0 Å². The number of hydrogen-bond acceptors (Lipinski definition) is 1. The molecule has 1 nitrogen and oxygen atoms in total. The van der Waals surface area contributed by atoms with Crippen molar-refractivity contribution in [1.29, 1.82) is 0 Å². The van der Waals surface area contributed by atoms with Crippen molar-refractivity contribution < 1.29 is 3.08 Å². The van der Waals surface area contributed by atoms with E-state index in [1.807, 2.05) is 20.8 Å². The zero-order chi connectivity index (χ0) is 5.21. The van der Waals surface area contributed by atoms with Gasteiger partial charge in [0, 0.05) is 0 Å². The van der Waals surface area contributed by atoms with Crippen LogP contribution in [0.2, 0.25) is 3.43 Å². The molecule has 0 unspecified atom stereocenters. The van der Waals surface area contributed by atoms with Gasteiger partial charge in [0.2, 0.25) is 0 Å². The molecule has 0 amide bonds. The van der Waals surface area contributed by atoms with E-state index in [2.05, 4.69) is 0 Å². The van der Waals surface area contributed by atoms with Gasteiger partial charge in [-0.3, -0.25) is 0 Å². The summed E-state index contributed by atoms with van der Waals surface area (Å²) >= 11 is -1.37. The molecule has 0 aromatic rings. The molecule has 0 saturated carbocycles. The van der Waals surface area contributed by atoms with Gasteiger partial charge in [0.15, 0.2) is 0 Å². The molecular weight excluding hydrogens is 183 g/mol. The van der Waals surface area contributed by atoms with Crippen LogP contribution in [0.3, 0.4) is 0 Å². The Labute approximate surface area is 48.7 Å². The Balaban J connectivity index is 3.45. The first-order valence-electron chi connectivity index (χ1n) is 2.02. The molecule has 0 N–H and O–H groups in total. The Morgan fingerprint density at radius 3 is 1.50 bits per heavy atom. The summed E-state index contributed by atoms with van der Waals surface area (Å²) in [5.74, 6) is 0. The van der Waals surface area contributed by atoms with Crippen LogP contribution in [0.1, 0.15) is 20.8 Å². The molecule has 0 aliphatic carbocycles. The Morgan fingerprint density at radius 1 is 1.33 bits per heavy atom. The van der Waals surface area contributed by atoms with Crippen LogP contribution in [0, 0.1) is 0 Å². The molecule has 0 atom stereocenters. The molecule has 0 aliphatic heterocycles. The molecule has 0 spiro atoms. The summed E-state index contributed by atoms with van der Waals surface area (Å²) in [7, 11) is 0. The first-order chi connectivity index (χ1) is 2.56. The molecule has 0 radical (unpaired) electrons. The second kappa shape index (κ2) is 2.05. The van der Waals surface area contributed by atoms with E-state index in [0.717, 1.165) is 0 Å². The zero-order valence-corrected chi connectivity index (χ0v) is 7.78. The third-order valence-corrected chi connectivity index (χ3v) is 2.37. The Morgan fingerprint density at radius 2 is 1.50 bits per heavy atom. The fourth-order valence-electron chi connectivity index (χ4n) is 0. The average molecular weight is 193 g/mol. The van der Waals surface area contributed by atoms with Crippen LogP contribution in [0.15, 0.2) is 0 Å². The summed E-state index contributed by atoms with van der Waals surface area (Å²) < 4.78 is 10.3. The van der Waals surface area contributed by atoms with E-state index >= 15 is 0 Å². The van der Waals surface area contributed by atoms with Crippen molar-refractivity contribution in [3.8, 4) is 0 Å². The fraction of sp³-hybridized carbons (Fsp3) is 1.00. The second-order valence-corrected chi connectivity index (χ2v) is 8.10. The molecular formula is C4H10OSn. The fourth-order valence-corrected chi connectivity index (χ4v) is 0. The van der Waals surface area contributed by atoms with Gasteiger partial charge in [-0.1, -0.05) is 0 Å². The molecule has 0 aromatic carbocycles. The van der Waals surface area contributed by atoms with Crippen LogP contribution in [0.4, 0.5) is 0 Å². The molecule has 0 rings (SSSR count). The standard InChI is InChI=1S/C4H9.O.Sn.H/c1-4(2)3;;;/h1-3H3;;;. The van der Waals surface area contributed by atoms with Gasteiger partial charge in [0.05, 0.1) is 0 Å². The summed E-state index contributed by atoms with van der Waals surface area (Å²) in [5.41, 5.74) is 0. The zero-order valence-electron chi connectivity index (χ0n) is 4.49. The maximum atomic E-state index is 10.1. The van der Waals surface area contributed by atoms with Gasteiger partial charge in [0.25, 0.3) is 0 Å². The molecule has 6 heavy (non-hydrogen) atoms. The van der Waals surface area contributed by atoms with Gasteiger partial charge in [-0.15, -0.1) is 0 Å². The van der Waals surface area contributed by atoms with Gasteiger partial charge in [-0.2, -0.15) is 0 Å². The normalized spacial score (nSPS) is 11.2. The summed E-state index contributed by atoms with van der Waals surface area (Å²) in [6, 6.07) is 0. The summed E-state index contributed by atoms with van der Waals surface area (Å²) in [5, 5.41) is 0. The molecule has 36 valence electrons. The Kier molecular flexibility index (Phi) is 2.26. The van der Waals surface area contributed by atoms with E-state index in [-0.39, 0.29) is 3.43 Å². The quantitative estimate of drug-likeness (QED) is 0.524. The molecule has 0 bridgehead atoms. The maximum absolute atomic E-state index is 10.1. The predicted octanol–water partition coefficient (Wildman–Crippen LogP) is 0.987. The first kappa shape index (κ1) is 6.60. The minimum absolute atomic E-state index is 0.176. The topological polar surface area (TPSA) is 17.1 Å². The minimum atomic E-state index is -1.37. The van der Waals surface area contributed by atoms with E-state index in [9.17, 15) is 3.08 Å². The van der Waals surface area contributed by atoms with Crippen LogP contribution in [-0.4, -0.2) is 21.1 Å². The van der Waals surface area contributed by atoms with Crippen molar-refractivity contribution >= 4 is 21.1 Å². The molecule has 0 aliphatic rings. The van der Waals surface area contributed by atoms with Gasteiger partial charge >= 0.3 is 48.4 Å². The molecule has 0 heterocycles. The Hall–Kier alpha value is 0.599. The third-order valence-electron chi connectivity index (χ3n) is 0.354. The van der Waals surface area contributed by atoms with Crippen molar-refractivity contribution in [3.63, 3.8) is 0 Å². The SMILES string of the molecule is C[C](C)(C)[SnH]=[O]. The van der Waals surface area contributed by atoms with Crippen LogP contribution < -0.4 is 0 Å². The van der Waals surface area contributed by atoms with Crippen LogP contribution in [-0.2, 0) is 3.08 Å². The van der Waals surface area contributed by atoms with E-state index in [1.54, 1.807) is 0 Å².